The summed E-state index contributed by atoms with van der Waals surface area (Å²) in [7, 11) is 0. The predicted molar refractivity (Wildman–Crippen MR) is 263 cm³/mol. The van der Waals surface area contributed by atoms with Crippen LogP contribution < -0.4 is 14.5 Å². The maximum atomic E-state index is 6.80. The number of fused-ring (bicyclic) bond motifs is 4. The third kappa shape index (κ3) is 7.21. The van der Waals surface area contributed by atoms with E-state index in [0.29, 0.717) is 6.67 Å². The number of pyridine rings is 1. The van der Waals surface area contributed by atoms with Gasteiger partial charge in [-0.25, -0.2) is 4.98 Å². The molecule has 10 rings (SSSR count). The summed E-state index contributed by atoms with van der Waals surface area (Å²) in [5.41, 5.74) is 12.7. The van der Waals surface area contributed by atoms with Gasteiger partial charge in [0.2, 0.25) is 0 Å². The van der Waals surface area contributed by atoms with Gasteiger partial charge in [0.25, 0.3) is 0 Å². The zero-order valence-electron chi connectivity index (χ0n) is 37.3. The minimum atomic E-state index is -0.406. The van der Waals surface area contributed by atoms with Crippen molar-refractivity contribution in [2.24, 2.45) is 0 Å². The number of aromatic nitrogens is 2. The van der Waals surface area contributed by atoms with Gasteiger partial charge in [0.05, 0.1) is 22.4 Å². The highest BCUT2D eigenvalue weighted by Gasteiger charge is 2.33. The SMILES string of the molecule is CC(C)(C)c1cc(N2CN(c3cccc(Oc4ccc5c6ccccc6n(-c6cc(C(C)(c7ccccc7)c7ccccc7)ccn6)c5c4)c3)c3ccccc32)cc(C(C)(C)C)c1. The Morgan fingerprint density at radius 3 is 1.65 bits per heavy atom. The third-order valence-corrected chi connectivity index (χ3v) is 13.0. The Kier molecular flexibility index (Phi) is 9.75. The maximum absolute atomic E-state index is 6.80. The van der Waals surface area contributed by atoms with Crippen molar-refractivity contribution in [2.45, 2.75) is 64.7 Å². The number of hydrogen-bond acceptors (Lipinski definition) is 4. The van der Waals surface area contributed by atoms with Crippen molar-refractivity contribution in [1.82, 2.24) is 9.55 Å². The summed E-state index contributed by atoms with van der Waals surface area (Å²) >= 11 is 0. The van der Waals surface area contributed by atoms with E-state index >= 15 is 0 Å². The van der Waals surface area contributed by atoms with Gasteiger partial charge in [0.1, 0.15) is 24.0 Å². The van der Waals surface area contributed by atoms with E-state index < -0.39 is 5.41 Å². The molecule has 1 aliphatic rings. The summed E-state index contributed by atoms with van der Waals surface area (Å²) in [6, 6.07) is 65.3. The number of nitrogens with zero attached hydrogens (tertiary/aromatic N) is 4. The van der Waals surface area contributed by atoms with Crippen LogP contribution >= 0.6 is 0 Å². The number of para-hydroxylation sites is 3. The molecular weight excluding hydrogens is 769 g/mol. The molecule has 5 heteroatoms. The molecule has 63 heavy (non-hydrogen) atoms. The van der Waals surface area contributed by atoms with E-state index in [9.17, 15) is 0 Å². The largest absolute Gasteiger partial charge is 0.457 e. The smallest absolute Gasteiger partial charge is 0.137 e. The minimum Gasteiger partial charge on any atom is -0.457 e. The first-order chi connectivity index (χ1) is 30.4. The van der Waals surface area contributed by atoms with E-state index in [1.165, 1.54) is 50.3 Å². The normalized spacial score (nSPS) is 13.2. The van der Waals surface area contributed by atoms with Gasteiger partial charge in [0, 0.05) is 45.9 Å². The van der Waals surface area contributed by atoms with Crippen molar-refractivity contribution in [3.8, 4) is 17.3 Å². The van der Waals surface area contributed by atoms with Crippen molar-refractivity contribution in [3.05, 3.63) is 216 Å². The van der Waals surface area contributed by atoms with Gasteiger partial charge in [0.15, 0.2) is 0 Å². The molecule has 0 amide bonds. The van der Waals surface area contributed by atoms with Gasteiger partial charge in [-0.2, -0.15) is 0 Å². The molecule has 0 bridgehead atoms. The van der Waals surface area contributed by atoms with Gasteiger partial charge >= 0.3 is 0 Å². The molecule has 0 atom stereocenters. The Morgan fingerprint density at radius 1 is 0.429 bits per heavy atom. The number of rotatable bonds is 8. The molecule has 0 saturated heterocycles. The van der Waals surface area contributed by atoms with Crippen LogP contribution in [0.15, 0.2) is 188 Å². The maximum Gasteiger partial charge on any atom is 0.137 e. The standard InChI is InChI=1S/C58H54N4O/c1-56(2,3)43-33-44(57(4,5)6)35-46(34-43)61-39-60(52-27-16-17-28-53(52)61)45-23-18-24-47(37-45)63-48-29-30-50-49-25-14-15-26-51(49)62(54(50)38-48)55-36-42(31-32-59-55)58(7,40-19-10-8-11-20-40)41-21-12-9-13-22-41/h8-38H,39H2,1-7H3. The average Bonchev–Trinajstić information content (AvgIpc) is 3.85. The molecule has 312 valence electrons. The van der Waals surface area contributed by atoms with Crippen LogP contribution in [-0.2, 0) is 16.2 Å². The van der Waals surface area contributed by atoms with E-state index in [-0.39, 0.29) is 10.8 Å². The summed E-state index contributed by atoms with van der Waals surface area (Å²) < 4.78 is 9.08. The molecule has 0 fully saturated rings. The highest BCUT2D eigenvalue weighted by Crippen LogP contribution is 2.47. The Balaban J connectivity index is 1.02. The van der Waals surface area contributed by atoms with Gasteiger partial charge in [-0.1, -0.05) is 145 Å². The zero-order chi connectivity index (χ0) is 43.5. The van der Waals surface area contributed by atoms with Crippen LogP contribution in [0, 0.1) is 0 Å². The Morgan fingerprint density at radius 2 is 1.00 bits per heavy atom. The second-order valence-electron chi connectivity index (χ2n) is 19.1. The average molecular weight is 823 g/mol. The second kappa shape index (κ2) is 15.4. The molecule has 7 aromatic carbocycles. The second-order valence-corrected chi connectivity index (χ2v) is 19.1. The zero-order valence-corrected chi connectivity index (χ0v) is 37.3. The van der Waals surface area contributed by atoms with Crippen molar-refractivity contribution >= 4 is 44.6 Å². The van der Waals surface area contributed by atoms with Gasteiger partial charge in [-0.05, 0) is 112 Å². The molecule has 0 aliphatic carbocycles. The van der Waals surface area contributed by atoms with E-state index in [1.54, 1.807) is 0 Å². The van der Waals surface area contributed by atoms with Crippen LogP contribution in [0.25, 0.3) is 27.6 Å². The van der Waals surface area contributed by atoms with E-state index in [1.807, 2.05) is 12.3 Å². The fourth-order valence-corrected chi connectivity index (χ4v) is 9.30. The molecule has 0 radical (unpaired) electrons. The fraction of sp³-hybridized carbons (Fsp3) is 0.190. The molecule has 1 aliphatic heterocycles. The monoisotopic (exact) mass is 822 g/mol. The summed E-state index contributed by atoms with van der Waals surface area (Å²) in [5, 5.41) is 2.31. The molecule has 0 spiro atoms. The lowest BCUT2D eigenvalue weighted by molar-refractivity contribution is 0.483. The van der Waals surface area contributed by atoms with Crippen LogP contribution in [0.1, 0.15) is 76.3 Å². The van der Waals surface area contributed by atoms with Crippen molar-refractivity contribution < 1.29 is 4.74 Å². The molecule has 0 saturated carbocycles. The number of anilines is 4. The Bertz CT molecular complexity index is 3050. The third-order valence-electron chi connectivity index (χ3n) is 13.0. The van der Waals surface area contributed by atoms with Crippen LogP contribution in [0.3, 0.4) is 0 Å². The molecular formula is C58H54N4O. The van der Waals surface area contributed by atoms with E-state index in [2.05, 4.69) is 239 Å². The molecule has 0 N–H and O–H groups in total. The summed E-state index contributed by atoms with van der Waals surface area (Å²) in [6.45, 7) is 16.8. The van der Waals surface area contributed by atoms with Crippen LogP contribution in [0.2, 0.25) is 0 Å². The number of benzene rings is 7. The highest BCUT2D eigenvalue weighted by atomic mass is 16.5. The molecule has 9 aromatic rings. The minimum absolute atomic E-state index is 0.0185. The molecule has 3 heterocycles. The quantitative estimate of drug-likeness (QED) is 0.153. The highest BCUT2D eigenvalue weighted by molar-refractivity contribution is 6.09. The van der Waals surface area contributed by atoms with Crippen LogP contribution in [0.5, 0.6) is 11.5 Å². The van der Waals surface area contributed by atoms with Gasteiger partial charge in [-0.15, -0.1) is 0 Å². The van der Waals surface area contributed by atoms with E-state index in [0.717, 1.165) is 39.4 Å². The first-order valence-electron chi connectivity index (χ1n) is 22.1. The fourth-order valence-electron chi connectivity index (χ4n) is 9.30. The van der Waals surface area contributed by atoms with Crippen LogP contribution in [-0.4, -0.2) is 16.2 Å². The number of hydrogen-bond donors (Lipinski definition) is 0. The lowest BCUT2D eigenvalue weighted by atomic mass is 9.71. The van der Waals surface area contributed by atoms with Crippen molar-refractivity contribution in [1.29, 1.82) is 0 Å². The van der Waals surface area contributed by atoms with Gasteiger partial charge in [-0.3, -0.25) is 4.57 Å². The molecule has 2 aromatic heterocycles. The summed E-state index contributed by atoms with van der Waals surface area (Å²) in [5.74, 6) is 2.39. The molecule has 0 unspecified atom stereocenters. The molecule has 5 nitrogen and oxygen atoms in total. The lowest BCUT2D eigenvalue weighted by Gasteiger charge is -2.32. The summed E-state index contributed by atoms with van der Waals surface area (Å²) in [6.07, 6.45) is 1.95. The van der Waals surface area contributed by atoms with Gasteiger partial charge < -0.3 is 14.5 Å². The lowest BCUT2D eigenvalue weighted by Crippen LogP contribution is -2.25. The Hall–Kier alpha value is -7.11. The van der Waals surface area contributed by atoms with Crippen molar-refractivity contribution in [2.75, 3.05) is 16.5 Å². The summed E-state index contributed by atoms with van der Waals surface area (Å²) in [4.78, 5) is 9.88. The van der Waals surface area contributed by atoms with E-state index in [4.69, 9.17) is 9.72 Å². The topological polar surface area (TPSA) is 33.5 Å². The Labute approximate surface area is 371 Å². The first-order valence-corrected chi connectivity index (χ1v) is 22.1. The van der Waals surface area contributed by atoms with Crippen LogP contribution in [0.4, 0.5) is 22.7 Å². The van der Waals surface area contributed by atoms with Crippen molar-refractivity contribution in [3.63, 3.8) is 0 Å². The first kappa shape index (κ1) is 40.0. The number of ether oxygens (including phenoxy) is 1. The predicted octanol–water partition coefficient (Wildman–Crippen LogP) is 15.2.